The van der Waals surface area contributed by atoms with Crippen molar-refractivity contribution in [3.8, 4) is 5.88 Å². The number of ether oxygens (including phenoxy) is 1. The standard InChI is InChI=1S/C26H29N7O5S2/c1-18-21(25(34)31-39(2,35)20-10-5-4-6-11-20)16-33-23(18)24(28-17-29-33)30-22-12-7-13-27-26(22)38-19-9-8-14-32(15-19)40(3,36)37/h4-7,10-13,16-17,19H,8-9,14-15H2,1-3H3,(H,28,29,30)/t19-,39-/m1/s1. The van der Waals surface area contributed by atoms with Crippen molar-refractivity contribution in [3.05, 3.63) is 72.3 Å². The average molecular weight is 584 g/mol. The van der Waals surface area contributed by atoms with E-state index in [4.69, 9.17) is 4.74 Å². The molecular formula is C26H29N7O5S2. The van der Waals surface area contributed by atoms with E-state index in [-0.39, 0.29) is 18.2 Å². The molecule has 4 heterocycles. The molecule has 1 aliphatic heterocycles. The molecular weight excluding hydrogens is 554 g/mol. The maximum absolute atomic E-state index is 13.2. The maximum Gasteiger partial charge on any atom is 0.287 e. The second-order valence-corrected chi connectivity index (χ2v) is 13.8. The molecule has 1 amide bonds. The summed E-state index contributed by atoms with van der Waals surface area (Å²) in [5.41, 5.74) is 1.85. The van der Waals surface area contributed by atoms with Crippen molar-refractivity contribution in [2.45, 2.75) is 30.8 Å². The Bertz CT molecular complexity index is 1800. The first kappa shape index (κ1) is 27.7. The van der Waals surface area contributed by atoms with Gasteiger partial charge in [-0.3, -0.25) is 4.79 Å². The van der Waals surface area contributed by atoms with Gasteiger partial charge in [0.15, 0.2) is 5.82 Å². The third-order valence-electron chi connectivity index (χ3n) is 6.61. The third-order valence-corrected chi connectivity index (χ3v) is 9.54. The fraction of sp³-hybridized carbons (Fsp3) is 0.308. The van der Waals surface area contributed by atoms with E-state index in [1.807, 2.05) is 0 Å². The largest absolute Gasteiger partial charge is 0.471 e. The minimum Gasteiger partial charge on any atom is -0.471 e. The van der Waals surface area contributed by atoms with Crippen LogP contribution in [-0.4, -0.2) is 74.1 Å². The summed E-state index contributed by atoms with van der Waals surface area (Å²) in [6.07, 6.45) is 8.10. The van der Waals surface area contributed by atoms with E-state index in [1.165, 1.54) is 33.9 Å². The van der Waals surface area contributed by atoms with Crippen LogP contribution in [0.5, 0.6) is 5.88 Å². The van der Waals surface area contributed by atoms with Gasteiger partial charge in [-0.15, -0.1) is 0 Å². The van der Waals surface area contributed by atoms with Crippen molar-refractivity contribution in [1.82, 2.24) is 23.9 Å². The fourth-order valence-corrected chi connectivity index (χ4v) is 6.65. The molecule has 0 spiro atoms. The summed E-state index contributed by atoms with van der Waals surface area (Å²) in [4.78, 5) is 22.4. The molecule has 40 heavy (non-hydrogen) atoms. The van der Waals surface area contributed by atoms with E-state index in [9.17, 15) is 17.4 Å². The molecule has 12 nitrogen and oxygen atoms in total. The summed E-state index contributed by atoms with van der Waals surface area (Å²) < 4.78 is 50.3. The van der Waals surface area contributed by atoms with Gasteiger partial charge in [0.25, 0.3) is 5.91 Å². The number of fused-ring (bicyclic) bond motifs is 1. The van der Waals surface area contributed by atoms with E-state index in [2.05, 4.69) is 24.7 Å². The number of nitrogens with one attached hydrogen (secondary N) is 1. The highest BCUT2D eigenvalue weighted by Crippen LogP contribution is 2.31. The molecule has 0 unspecified atom stereocenters. The van der Waals surface area contributed by atoms with Crippen molar-refractivity contribution < 1.29 is 22.2 Å². The smallest absolute Gasteiger partial charge is 0.287 e. The van der Waals surface area contributed by atoms with Gasteiger partial charge in [0.2, 0.25) is 15.9 Å². The Hall–Kier alpha value is -3.88. The van der Waals surface area contributed by atoms with E-state index in [0.29, 0.717) is 52.7 Å². The summed E-state index contributed by atoms with van der Waals surface area (Å²) in [5, 5.41) is 7.46. The second-order valence-electron chi connectivity index (χ2n) is 9.57. The summed E-state index contributed by atoms with van der Waals surface area (Å²) in [5.74, 6) is 0.0678. The van der Waals surface area contributed by atoms with Crippen LogP contribution in [0.15, 0.2) is 70.4 Å². The van der Waals surface area contributed by atoms with Crippen molar-refractivity contribution >= 4 is 42.7 Å². The number of sulfonamides is 1. The van der Waals surface area contributed by atoms with Crippen LogP contribution in [0.25, 0.3) is 5.52 Å². The quantitative estimate of drug-likeness (QED) is 0.346. The minimum atomic E-state index is -3.33. The molecule has 1 N–H and O–H groups in total. The zero-order valence-corrected chi connectivity index (χ0v) is 23.9. The van der Waals surface area contributed by atoms with Crippen LogP contribution in [0, 0.1) is 6.92 Å². The molecule has 0 bridgehead atoms. The monoisotopic (exact) mass is 583 g/mol. The molecule has 0 aliphatic carbocycles. The zero-order valence-electron chi connectivity index (χ0n) is 22.2. The normalized spacial score (nSPS) is 17.7. The molecule has 2 atom stereocenters. The van der Waals surface area contributed by atoms with Crippen molar-refractivity contribution in [2.24, 2.45) is 4.36 Å². The van der Waals surface area contributed by atoms with Gasteiger partial charge >= 0.3 is 0 Å². The number of carbonyl (C=O) groups excluding carboxylic acids is 1. The lowest BCUT2D eigenvalue weighted by atomic mass is 10.1. The molecule has 4 aromatic rings. The molecule has 210 valence electrons. The molecule has 1 fully saturated rings. The van der Waals surface area contributed by atoms with Gasteiger partial charge in [0.05, 0.1) is 28.1 Å². The predicted octanol–water partition coefficient (Wildman–Crippen LogP) is 3.28. The lowest BCUT2D eigenvalue weighted by Gasteiger charge is -2.31. The van der Waals surface area contributed by atoms with Crippen molar-refractivity contribution in [2.75, 3.05) is 30.9 Å². The number of aryl methyl sites for hydroxylation is 1. The number of carbonyl (C=O) groups is 1. The predicted molar refractivity (Wildman–Crippen MR) is 151 cm³/mol. The maximum atomic E-state index is 13.2. The van der Waals surface area contributed by atoms with Crippen molar-refractivity contribution in [3.63, 3.8) is 0 Å². The molecule has 0 saturated carbocycles. The van der Waals surface area contributed by atoms with Gasteiger partial charge in [0.1, 0.15) is 23.6 Å². The third kappa shape index (κ3) is 5.83. The van der Waals surface area contributed by atoms with Crippen molar-refractivity contribution in [1.29, 1.82) is 0 Å². The van der Waals surface area contributed by atoms with E-state index >= 15 is 0 Å². The minimum absolute atomic E-state index is 0.239. The first-order chi connectivity index (χ1) is 19.0. The Balaban J connectivity index is 1.44. The molecule has 1 aliphatic rings. The van der Waals surface area contributed by atoms with Crippen LogP contribution in [0.2, 0.25) is 0 Å². The Kier molecular flexibility index (Phi) is 7.57. The van der Waals surface area contributed by atoms with Gasteiger partial charge in [-0.1, -0.05) is 18.2 Å². The van der Waals surface area contributed by atoms with Crippen LogP contribution >= 0.6 is 0 Å². The second kappa shape index (κ2) is 10.9. The number of nitrogens with zero attached hydrogens (tertiary/aromatic N) is 6. The molecule has 1 aromatic carbocycles. The lowest BCUT2D eigenvalue weighted by molar-refractivity contribution is 0.100. The van der Waals surface area contributed by atoms with E-state index in [0.717, 1.165) is 0 Å². The number of piperidine rings is 1. The summed E-state index contributed by atoms with van der Waals surface area (Å²) in [6.45, 7) is 2.45. The first-order valence-corrected chi connectivity index (χ1v) is 16.3. The molecule has 5 rings (SSSR count). The van der Waals surface area contributed by atoms with Crippen LogP contribution in [0.4, 0.5) is 11.5 Å². The van der Waals surface area contributed by atoms with E-state index in [1.54, 1.807) is 55.6 Å². The average Bonchev–Trinajstić information content (AvgIpc) is 3.27. The SMILES string of the molecule is Cc1c(C(=O)N=[S@](C)(=O)c2ccccc2)cn2ncnc(Nc3cccnc3O[C@@H]3CCCN(S(C)(=O)=O)C3)c12. The fourth-order valence-electron chi connectivity index (χ4n) is 4.57. The van der Waals surface area contributed by atoms with Gasteiger partial charge in [-0.05, 0) is 49.6 Å². The number of hydrogen-bond donors (Lipinski definition) is 1. The van der Waals surface area contributed by atoms with E-state index < -0.39 is 25.7 Å². The summed E-state index contributed by atoms with van der Waals surface area (Å²) in [7, 11) is -6.28. The summed E-state index contributed by atoms with van der Waals surface area (Å²) in [6, 6.07) is 12.1. The number of amides is 1. The van der Waals surface area contributed by atoms with Gasteiger partial charge in [-0.25, -0.2) is 27.1 Å². The highest BCUT2D eigenvalue weighted by Gasteiger charge is 2.28. The van der Waals surface area contributed by atoms with Gasteiger partial charge in [0, 0.05) is 30.1 Å². The number of pyridine rings is 1. The first-order valence-electron chi connectivity index (χ1n) is 12.5. The van der Waals surface area contributed by atoms with Crippen LogP contribution in [-0.2, 0) is 19.8 Å². The number of rotatable bonds is 7. The molecule has 1 saturated heterocycles. The number of benzene rings is 1. The number of hydrogen-bond acceptors (Lipinski definition) is 9. The highest BCUT2D eigenvalue weighted by atomic mass is 32.2. The number of anilines is 2. The molecule has 14 heteroatoms. The topological polar surface area (TPSA) is 148 Å². The number of aromatic nitrogens is 4. The zero-order chi connectivity index (χ0) is 28.5. The Labute approximate surface area is 232 Å². The lowest BCUT2D eigenvalue weighted by Crippen LogP contribution is -2.43. The highest BCUT2D eigenvalue weighted by molar-refractivity contribution is 7.93. The van der Waals surface area contributed by atoms with Crippen LogP contribution in [0.3, 0.4) is 0 Å². The molecule has 3 aromatic heterocycles. The Morgan fingerprint density at radius 1 is 1.10 bits per heavy atom. The Morgan fingerprint density at radius 2 is 1.88 bits per heavy atom. The van der Waals surface area contributed by atoms with Crippen LogP contribution < -0.4 is 10.1 Å². The Morgan fingerprint density at radius 3 is 2.62 bits per heavy atom. The van der Waals surface area contributed by atoms with Gasteiger partial charge < -0.3 is 10.1 Å². The molecule has 0 radical (unpaired) electrons. The summed E-state index contributed by atoms with van der Waals surface area (Å²) >= 11 is 0. The van der Waals surface area contributed by atoms with Gasteiger partial charge in [-0.2, -0.15) is 13.8 Å². The van der Waals surface area contributed by atoms with Crippen LogP contribution in [0.1, 0.15) is 28.8 Å².